The lowest BCUT2D eigenvalue weighted by atomic mass is 9.92. The van der Waals surface area contributed by atoms with Gasteiger partial charge in [-0.15, -0.1) is 0 Å². The quantitative estimate of drug-likeness (QED) is 0.338. The summed E-state index contributed by atoms with van der Waals surface area (Å²) in [4.78, 5) is 0. The summed E-state index contributed by atoms with van der Waals surface area (Å²) in [5, 5.41) is 5.26. The van der Waals surface area contributed by atoms with Gasteiger partial charge in [0.05, 0.1) is 0 Å². The second kappa shape index (κ2) is 5.85. The molecule has 0 fully saturated rings. The molecule has 0 aromatic heterocycles. The van der Waals surface area contributed by atoms with E-state index < -0.39 is 0 Å². The Morgan fingerprint density at radius 2 is 1.38 bits per heavy atom. The summed E-state index contributed by atoms with van der Waals surface area (Å²) in [6.45, 7) is 4.59. The lowest BCUT2D eigenvalue weighted by Gasteiger charge is -2.12. The van der Waals surface area contributed by atoms with Crippen molar-refractivity contribution in [3.8, 4) is 11.1 Å². The molecular weight excluding hydrogens is 312 g/mol. The van der Waals surface area contributed by atoms with Gasteiger partial charge in [0.25, 0.3) is 0 Å². The Balaban J connectivity index is 1.79. The lowest BCUT2D eigenvalue weighted by molar-refractivity contribution is 0.754. The zero-order valence-corrected chi connectivity index (χ0v) is 15.3. The van der Waals surface area contributed by atoms with Gasteiger partial charge in [-0.3, -0.25) is 0 Å². The molecule has 0 saturated carbocycles. The second-order valence-electron chi connectivity index (χ2n) is 7.66. The fourth-order valence-electron chi connectivity index (χ4n) is 4.20. The molecule has 26 heavy (non-hydrogen) atoms. The molecule has 0 amide bonds. The molecular formula is C26H22. The van der Waals surface area contributed by atoms with E-state index in [0.29, 0.717) is 5.92 Å². The van der Waals surface area contributed by atoms with Crippen LogP contribution < -0.4 is 0 Å². The van der Waals surface area contributed by atoms with Crippen molar-refractivity contribution in [3.05, 3.63) is 89.5 Å². The van der Waals surface area contributed by atoms with Crippen LogP contribution in [0.2, 0.25) is 0 Å². The van der Waals surface area contributed by atoms with E-state index in [2.05, 4.69) is 92.7 Å². The fraction of sp³-hybridized carbons (Fsp3) is 0.154. The first-order valence-electron chi connectivity index (χ1n) is 9.45. The van der Waals surface area contributed by atoms with Crippen molar-refractivity contribution in [1.82, 2.24) is 0 Å². The van der Waals surface area contributed by atoms with Crippen molar-refractivity contribution >= 4 is 27.6 Å². The zero-order valence-electron chi connectivity index (χ0n) is 15.3. The summed E-state index contributed by atoms with van der Waals surface area (Å²) in [7, 11) is 0. The van der Waals surface area contributed by atoms with Crippen LogP contribution >= 0.6 is 0 Å². The molecule has 4 aromatic carbocycles. The highest BCUT2D eigenvalue weighted by atomic mass is 14.2. The molecule has 4 aromatic rings. The van der Waals surface area contributed by atoms with Gasteiger partial charge in [0.1, 0.15) is 0 Å². The summed E-state index contributed by atoms with van der Waals surface area (Å²) >= 11 is 0. The van der Waals surface area contributed by atoms with Gasteiger partial charge in [0, 0.05) is 0 Å². The Bertz CT molecular complexity index is 1180. The first-order chi connectivity index (χ1) is 12.7. The number of allylic oxidation sites excluding steroid dienone is 1. The number of rotatable bonds is 2. The molecule has 0 atom stereocenters. The Kier molecular flexibility index (Phi) is 3.46. The summed E-state index contributed by atoms with van der Waals surface area (Å²) in [6.07, 6.45) is 3.52. The van der Waals surface area contributed by atoms with E-state index in [9.17, 15) is 0 Å². The SMILES string of the molecule is CC(C)C1=Cc2c(cccc2-c2cccc3cc4ccccc4cc23)C1. The van der Waals surface area contributed by atoms with Gasteiger partial charge in [-0.05, 0) is 68.3 Å². The average Bonchev–Trinajstić information content (AvgIpc) is 3.11. The highest BCUT2D eigenvalue weighted by molar-refractivity contribution is 6.06. The fourth-order valence-corrected chi connectivity index (χ4v) is 4.20. The van der Waals surface area contributed by atoms with E-state index in [1.807, 2.05) is 0 Å². The number of hydrogen-bond acceptors (Lipinski definition) is 0. The van der Waals surface area contributed by atoms with Gasteiger partial charge < -0.3 is 0 Å². The van der Waals surface area contributed by atoms with Crippen LogP contribution in [0.4, 0.5) is 0 Å². The third-order valence-corrected chi connectivity index (χ3v) is 5.70. The first kappa shape index (κ1) is 15.4. The Hall–Kier alpha value is -2.86. The van der Waals surface area contributed by atoms with Crippen LogP contribution in [0.25, 0.3) is 38.7 Å². The van der Waals surface area contributed by atoms with Crippen molar-refractivity contribution in [2.24, 2.45) is 5.92 Å². The molecule has 0 aliphatic heterocycles. The van der Waals surface area contributed by atoms with Gasteiger partial charge in [-0.2, -0.15) is 0 Å². The maximum atomic E-state index is 2.43. The largest absolute Gasteiger partial charge is 0.0626 e. The Morgan fingerprint density at radius 1 is 0.692 bits per heavy atom. The molecule has 126 valence electrons. The van der Waals surface area contributed by atoms with E-state index in [4.69, 9.17) is 0 Å². The molecule has 0 radical (unpaired) electrons. The number of benzene rings is 4. The lowest BCUT2D eigenvalue weighted by Crippen LogP contribution is -1.93. The summed E-state index contributed by atoms with van der Waals surface area (Å²) in [5.74, 6) is 0.603. The summed E-state index contributed by atoms with van der Waals surface area (Å²) < 4.78 is 0. The predicted molar refractivity (Wildman–Crippen MR) is 113 cm³/mol. The second-order valence-corrected chi connectivity index (χ2v) is 7.66. The summed E-state index contributed by atoms with van der Waals surface area (Å²) in [6, 6.07) is 26.8. The number of fused-ring (bicyclic) bond motifs is 3. The summed E-state index contributed by atoms with van der Waals surface area (Å²) in [5.41, 5.74) is 7.12. The third-order valence-electron chi connectivity index (χ3n) is 5.70. The minimum atomic E-state index is 0.603. The van der Waals surface area contributed by atoms with Crippen LogP contribution in [-0.2, 0) is 6.42 Å². The minimum absolute atomic E-state index is 0.603. The van der Waals surface area contributed by atoms with E-state index in [1.54, 1.807) is 0 Å². The first-order valence-corrected chi connectivity index (χ1v) is 9.45. The molecule has 0 N–H and O–H groups in total. The van der Waals surface area contributed by atoms with E-state index in [0.717, 1.165) is 6.42 Å². The zero-order chi connectivity index (χ0) is 17.7. The van der Waals surface area contributed by atoms with E-state index in [1.165, 1.54) is 49.4 Å². The maximum absolute atomic E-state index is 2.43. The van der Waals surface area contributed by atoms with Gasteiger partial charge in [-0.25, -0.2) is 0 Å². The van der Waals surface area contributed by atoms with E-state index >= 15 is 0 Å². The van der Waals surface area contributed by atoms with Gasteiger partial charge in [0.15, 0.2) is 0 Å². The van der Waals surface area contributed by atoms with Crippen LogP contribution in [-0.4, -0.2) is 0 Å². The molecule has 0 unspecified atom stereocenters. The molecule has 0 heterocycles. The Morgan fingerprint density at radius 3 is 2.19 bits per heavy atom. The standard InChI is InChI=1S/C26H22/c1-17(2)22-14-21-10-6-12-24(26(21)16-22)23-11-5-9-20-13-18-7-3-4-8-19(18)15-25(20)23/h3-13,15-17H,14H2,1-2H3. The van der Waals surface area contributed by atoms with Gasteiger partial charge in [-0.1, -0.05) is 86.2 Å². The van der Waals surface area contributed by atoms with Crippen molar-refractivity contribution in [1.29, 1.82) is 0 Å². The van der Waals surface area contributed by atoms with Gasteiger partial charge >= 0.3 is 0 Å². The van der Waals surface area contributed by atoms with Crippen LogP contribution in [0.1, 0.15) is 25.0 Å². The molecule has 0 bridgehead atoms. The maximum Gasteiger partial charge on any atom is -0.00550 e. The van der Waals surface area contributed by atoms with Crippen molar-refractivity contribution in [3.63, 3.8) is 0 Å². The smallest absolute Gasteiger partial charge is 0.00550 e. The van der Waals surface area contributed by atoms with Gasteiger partial charge in [0.2, 0.25) is 0 Å². The van der Waals surface area contributed by atoms with Crippen LogP contribution in [0.5, 0.6) is 0 Å². The minimum Gasteiger partial charge on any atom is -0.0626 e. The van der Waals surface area contributed by atoms with Crippen LogP contribution in [0.15, 0.2) is 78.4 Å². The molecule has 0 saturated heterocycles. The molecule has 5 rings (SSSR count). The van der Waals surface area contributed by atoms with Crippen molar-refractivity contribution in [2.75, 3.05) is 0 Å². The monoisotopic (exact) mass is 334 g/mol. The third kappa shape index (κ3) is 2.37. The molecule has 1 aliphatic carbocycles. The normalized spacial score (nSPS) is 13.4. The number of hydrogen-bond donors (Lipinski definition) is 0. The van der Waals surface area contributed by atoms with Crippen LogP contribution in [0.3, 0.4) is 0 Å². The Labute approximate surface area is 154 Å². The molecule has 0 nitrogen and oxygen atoms in total. The molecule has 0 spiro atoms. The average molecular weight is 334 g/mol. The highest BCUT2D eigenvalue weighted by Gasteiger charge is 2.19. The topological polar surface area (TPSA) is 0 Å². The van der Waals surface area contributed by atoms with E-state index in [-0.39, 0.29) is 0 Å². The molecule has 0 heteroatoms. The highest BCUT2D eigenvalue weighted by Crippen LogP contribution is 2.39. The van der Waals surface area contributed by atoms with Crippen molar-refractivity contribution in [2.45, 2.75) is 20.3 Å². The predicted octanol–water partition coefficient (Wildman–Crippen LogP) is 7.26. The van der Waals surface area contributed by atoms with Crippen LogP contribution in [0, 0.1) is 5.92 Å². The van der Waals surface area contributed by atoms with Crippen molar-refractivity contribution < 1.29 is 0 Å². The molecule has 1 aliphatic rings.